The maximum atomic E-state index is 12.9. The summed E-state index contributed by atoms with van der Waals surface area (Å²) in [5.41, 5.74) is 6.26. The number of hydrogen-bond donors (Lipinski definition) is 2. The molecule has 1 fully saturated rings. The highest BCUT2D eigenvalue weighted by Crippen LogP contribution is 2.25. The molecule has 1 saturated heterocycles. The molecule has 0 radical (unpaired) electrons. The van der Waals surface area contributed by atoms with Gasteiger partial charge in [-0.15, -0.1) is 0 Å². The van der Waals surface area contributed by atoms with Crippen LogP contribution in [-0.2, 0) is 19.6 Å². The number of hydrogen-bond acceptors (Lipinski definition) is 9. The fourth-order valence-corrected chi connectivity index (χ4v) is 5.56. The lowest BCUT2D eigenvalue weighted by Crippen LogP contribution is -2.35. The first-order chi connectivity index (χ1) is 15.7. The molecule has 0 bridgehead atoms. The Morgan fingerprint density at radius 2 is 2.00 bits per heavy atom. The number of piperidine rings is 1. The first kappa shape index (κ1) is 24.9. The Bertz CT molecular complexity index is 1120. The molecule has 1 unspecified atom stereocenters. The molecule has 178 valence electrons. The number of nitrogens with two attached hydrogens (primary N) is 1. The summed E-state index contributed by atoms with van der Waals surface area (Å²) in [4.78, 5) is 32.8. The van der Waals surface area contributed by atoms with Crippen LogP contribution in [0.3, 0.4) is 0 Å². The van der Waals surface area contributed by atoms with Gasteiger partial charge in [-0.3, -0.25) is 4.79 Å². The van der Waals surface area contributed by atoms with Crippen molar-refractivity contribution in [3.05, 3.63) is 36.0 Å². The van der Waals surface area contributed by atoms with Crippen molar-refractivity contribution in [2.45, 2.75) is 48.4 Å². The normalized spacial score (nSPS) is 15.6. The minimum Gasteiger partial charge on any atom is -0.462 e. The van der Waals surface area contributed by atoms with Crippen LogP contribution in [0.4, 0.5) is 11.5 Å². The molecule has 0 spiro atoms. The van der Waals surface area contributed by atoms with Crippen molar-refractivity contribution in [2.24, 2.45) is 0 Å². The van der Waals surface area contributed by atoms with Crippen LogP contribution in [0.15, 0.2) is 40.5 Å². The number of nitrogen functional groups attached to an aromatic ring is 1. The van der Waals surface area contributed by atoms with Crippen LogP contribution in [0.5, 0.6) is 0 Å². The Balaban J connectivity index is 1.66. The van der Waals surface area contributed by atoms with E-state index in [4.69, 9.17) is 10.5 Å². The van der Waals surface area contributed by atoms with Crippen molar-refractivity contribution in [1.82, 2.24) is 14.3 Å². The number of ether oxygens (including phenoxy) is 1. The first-order valence-corrected chi connectivity index (χ1v) is 12.9. The zero-order valence-electron chi connectivity index (χ0n) is 18.5. The summed E-state index contributed by atoms with van der Waals surface area (Å²) in [6, 6.07) is 6.22. The number of thioether (sulfide) groups is 1. The standard InChI is InChI=1S/C21H27N5O5S2/c1-3-31-20(28)17-13-23-21(25-18(17)22)32-14(2)19(27)24-15-8-7-9-16(12-15)33(29,30)26-10-5-4-6-11-26/h7-9,12-14H,3-6,10-11H2,1-2H3,(H,24,27)(H2,22,23,25). The van der Waals surface area contributed by atoms with Crippen LogP contribution >= 0.6 is 11.8 Å². The Hall–Kier alpha value is -2.70. The first-order valence-electron chi connectivity index (χ1n) is 10.6. The van der Waals surface area contributed by atoms with Crippen molar-refractivity contribution in [1.29, 1.82) is 0 Å². The summed E-state index contributed by atoms with van der Waals surface area (Å²) in [5.74, 6) is -1.00. The topological polar surface area (TPSA) is 145 Å². The number of amides is 1. The van der Waals surface area contributed by atoms with Gasteiger partial charge in [-0.2, -0.15) is 4.31 Å². The highest BCUT2D eigenvalue weighted by molar-refractivity contribution is 8.00. The molecular weight excluding hydrogens is 466 g/mol. The molecule has 0 aliphatic carbocycles. The lowest BCUT2D eigenvalue weighted by molar-refractivity contribution is -0.115. The van der Waals surface area contributed by atoms with Crippen molar-refractivity contribution in [2.75, 3.05) is 30.7 Å². The van der Waals surface area contributed by atoms with Crippen LogP contribution in [0.1, 0.15) is 43.5 Å². The maximum Gasteiger partial charge on any atom is 0.343 e. The van der Waals surface area contributed by atoms with Gasteiger partial charge in [-0.05, 0) is 44.9 Å². The lowest BCUT2D eigenvalue weighted by Gasteiger charge is -2.26. The SMILES string of the molecule is CCOC(=O)c1cnc(SC(C)C(=O)Nc2cccc(S(=O)(=O)N3CCCCC3)c2)nc1N. The van der Waals surface area contributed by atoms with E-state index in [9.17, 15) is 18.0 Å². The molecule has 0 saturated carbocycles. The molecule has 1 aliphatic rings. The van der Waals surface area contributed by atoms with Crippen molar-refractivity contribution < 1.29 is 22.7 Å². The monoisotopic (exact) mass is 493 g/mol. The fourth-order valence-electron chi connectivity index (χ4n) is 3.25. The number of rotatable bonds is 8. The number of nitrogens with one attached hydrogen (secondary N) is 1. The molecule has 33 heavy (non-hydrogen) atoms. The average Bonchev–Trinajstić information content (AvgIpc) is 2.80. The largest absolute Gasteiger partial charge is 0.462 e. The molecule has 2 heterocycles. The number of sulfonamides is 1. The van der Waals surface area contributed by atoms with Crippen molar-refractivity contribution >= 4 is 45.2 Å². The van der Waals surface area contributed by atoms with E-state index < -0.39 is 21.2 Å². The van der Waals surface area contributed by atoms with E-state index in [1.54, 1.807) is 26.0 Å². The molecule has 10 nitrogen and oxygen atoms in total. The molecule has 3 rings (SSSR count). The van der Waals surface area contributed by atoms with Gasteiger partial charge in [0.15, 0.2) is 5.16 Å². The number of anilines is 2. The third-order valence-electron chi connectivity index (χ3n) is 5.00. The van der Waals surface area contributed by atoms with E-state index in [2.05, 4.69) is 15.3 Å². The zero-order valence-corrected chi connectivity index (χ0v) is 20.1. The van der Waals surface area contributed by atoms with Crippen molar-refractivity contribution in [3.8, 4) is 0 Å². The second-order valence-electron chi connectivity index (χ2n) is 7.41. The maximum absolute atomic E-state index is 12.9. The predicted molar refractivity (Wildman–Crippen MR) is 125 cm³/mol. The molecule has 1 aromatic heterocycles. The Morgan fingerprint density at radius 1 is 1.27 bits per heavy atom. The number of benzene rings is 1. The van der Waals surface area contributed by atoms with Crippen LogP contribution in [-0.4, -0.2) is 59.5 Å². The van der Waals surface area contributed by atoms with Gasteiger partial charge >= 0.3 is 5.97 Å². The molecule has 12 heteroatoms. The summed E-state index contributed by atoms with van der Waals surface area (Å²) < 4.78 is 32.2. The van der Waals surface area contributed by atoms with Gasteiger partial charge in [0.2, 0.25) is 15.9 Å². The van der Waals surface area contributed by atoms with Crippen molar-refractivity contribution in [3.63, 3.8) is 0 Å². The molecule has 3 N–H and O–H groups in total. The second kappa shape index (κ2) is 10.9. The summed E-state index contributed by atoms with van der Waals surface area (Å²) >= 11 is 1.06. The van der Waals surface area contributed by atoms with E-state index in [1.807, 2.05) is 0 Å². The smallest absolute Gasteiger partial charge is 0.343 e. The summed E-state index contributed by atoms with van der Waals surface area (Å²) in [6.07, 6.45) is 3.98. The van der Waals surface area contributed by atoms with Gasteiger partial charge in [0, 0.05) is 25.0 Å². The van der Waals surface area contributed by atoms with Gasteiger partial charge in [-0.25, -0.2) is 23.2 Å². The van der Waals surface area contributed by atoms with Crippen LogP contribution < -0.4 is 11.1 Å². The zero-order chi connectivity index (χ0) is 24.0. The number of nitrogens with zero attached hydrogens (tertiary/aromatic N) is 3. The quantitative estimate of drug-likeness (QED) is 0.322. The second-order valence-corrected chi connectivity index (χ2v) is 10.7. The van der Waals surface area contributed by atoms with Crippen LogP contribution in [0, 0.1) is 0 Å². The summed E-state index contributed by atoms with van der Waals surface area (Å²) in [5, 5.41) is 2.35. The van der Waals surface area contributed by atoms with Gasteiger partial charge in [0.1, 0.15) is 11.4 Å². The highest BCUT2D eigenvalue weighted by atomic mass is 32.2. The van der Waals surface area contributed by atoms with Gasteiger partial charge < -0.3 is 15.8 Å². The molecule has 2 aromatic rings. The predicted octanol–water partition coefficient (Wildman–Crippen LogP) is 2.53. The minimum atomic E-state index is -3.60. The number of aromatic nitrogens is 2. The van der Waals surface area contributed by atoms with Gasteiger partial charge in [0.25, 0.3) is 0 Å². The molecule has 1 amide bonds. The van der Waals surface area contributed by atoms with E-state index >= 15 is 0 Å². The van der Waals surface area contributed by atoms with Crippen LogP contribution in [0.25, 0.3) is 0 Å². The highest BCUT2D eigenvalue weighted by Gasteiger charge is 2.26. The Labute approximate surface area is 197 Å². The fraction of sp³-hybridized carbons (Fsp3) is 0.429. The molecule has 1 aliphatic heterocycles. The third kappa shape index (κ3) is 6.21. The molecular formula is C21H27N5O5S2. The van der Waals surface area contributed by atoms with Gasteiger partial charge in [-0.1, -0.05) is 24.2 Å². The third-order valence-corrected chi connectivity index (χ3v) is 7.87. The molecule has 1 aromatic carbocycles. The van der Waals surface area contributed by atoms with E-state index in [1.165, 1.54) is 22.6 Å². The van der Waals surface area contributed by atoms with E-state index in [0.717, 1.165) is 31.0 Å². The van der Waals surface area contributed by atoms with E-state index in [0.29, 0.717) is 18.8 Å². The average molecular weight is 494 g/mol. The number of carbonyl (C=O) groups excluding carboxylic acids is 2. The Kier molecular flexibility index (Phi) is 8.27. The minimum absolute atomic E-state index is 0.0332. The number of carbonyl (C=O) groups is 2. The van der Waals surface area contributed by atoms with Gasteiger partial charge in [0.05, 0.1) is 16.8 Å². The lowest BCUT2D eigenvalue weighted by atomic mass is 10.2. The Morgan fingerprint density at radius 3 is 2.67 bits per heavy atom. The number of esters is 1. The van der Waals surface area contributed by atoms with Crippen LogP contribution in [0.2, 0.25) is 0 Å². The molecule has 1 atom stereocenters. The summed E-state index contributed by atoms with van der Waals surface area (Å²) in [7, 11) is -3.60. The van der Waals surface area contributed by atoms with E-state index in [-0.39, 0.29) is 33.9 Å². The summed E-state index contributed by atoms with van der Waals surface area (Å²) in [6.45, 7) is 4.55.